The molecule has 0 radical (unpaired) electrons. The molecule has 2 aromatic rings. The van der Waals surface area contributed by atoms with Crippen molar-refractivity contribution in [2.45, 2.75) is 32.6 Å². The number of rotatable bonds is 10. The quantitative estimate of drug-likeness (QED) is 0.534. The Kier molecular flexibility index (Phi) is 8.31. The van der Waals surface area contributed by atoms with E-state index in [1.165, 1.54) is 16.8 Å². The van der Waals surface area contributed by atoms with Gasteiger partial charge >= 0.3 is 0 Å². The molecule has 0 unspecified atom stereocenters. The van der Waals surface area contributed by atoms with Crippen molar-refractivity contribution in [1.29, 1.82) is 0 Å². The third kappa shape index (κ3) is 6.30. The fourth-order valence-electron chi connectivity index (χ4n) is 4.06. The molecule has 6 heteroatoms. The normalized spacial score (nSPS) is 15.9. The molecule has 1 aliphatic rings. The van der Waals surface area contributed by atoms with E-state index >= 15 is 0 Å². The van der Waals surface area contributed by atoms with Gasteiger partial charge in [0.25, 0.3) is 0 Å². The van der Waals surface area contributed by atoms with Crippen molar-refractivity contribution in [2.24, 2.45) is 0 Å². The minimum absolute atomic E-state index is 0.0551. The molecule has 0 aromatic heterocycles. The van der Waals surface area contributed by atoms with E-state index in [1.54, 1.807) is 4.31 Å². The molecule has 0 saturated carbocycles. The molecule has 5 nitrogen and oxygen atoms in total. The summed E-state index contributed by atoms with van der Waals surface area (Å²) in [6.07, 6.45) is 1.76. The summed E-state index contributed by atoms with van der Waals surface area (Å²) in [7, 11) is -3.26. The van der Waals surface area contributed by atoms with Crippen LogP contribution in [-0.4, -0.2) is 57.9 Å². The SMILES string of the molecule is CCN(CCOCCS(=O)(=O)N1CCC(c2ccccc2)CC1)c1cccc(C)c1. The molecule has 1 saturated heterocycles. The van der Waals surface area contributed by atoms with E-state index in [1.807, 2.05) is 6.07 Å². The monoisotopic (exact) mass is 430 g/mol. The maximum Gasteiger partial charge on any atom is 0.216 e. The van der Waals surface area contributed by atoms with Crippen LogP contribution in [0.5, 0.6) is 0 Å². The van der Waals surface area contributed by atoms with Gasteiger partial charge in [0.1, 0.15) is 0 Å². The van der Waals surface area contributed by atoms with Gasteiger partial charge in [-0.2, -0.15) is 0 Å². The molecule has 0 N–H and O–H groups in total. The van der Waals surface area contributed by atoms with Crippen LogP contribution in [0.3, 0.4) is 0 Å². The Hall–Kier alpha value is -1.89. The first-order valence-electron chi connectivity index (χ1n) is 10.9. The van der Waals surface area contributed by atoms with E-state index in [-0.39, 0.29) is 12.4 Å². The van der Waals surface area contributed by atoms with Crippen LogP contribution in [0.15, 0.2) is 54.6 Å². The van der Waals surface area contributed by atoms with Crippen LogP contribution in [0, 0.1) is 6.92 Å². The molecule has 30 heavy (non-hydrogen) atoms. The van der Waals surface area contributed by atoms with Gasteiger partial charge < -0.3 is 9.64 Å². The summed E-state index contributed by atoms with van der Waals surface area (Å²) in [6, 6.07) is 18.8. The molecule has 0 aliphatic carbocycles. The number of hydrogen-bond donors (Lipinski definition) is 0. The Labute approximate surface area is 181 Å². The average Bonchev–Trinajstić information content (AvgIpc) is 2.77. The molecule has 1 heterocycles. The molecular weight excluding hydrogens is 396 g/mol. The molecule has 1 fully saturated rings. The van der Waals surface area contributed by atoms with E-state index in [2.05, 4.69) is 67.3 Å². The lowest BCUT2D eigenvalue weighted by molar-refractivity contribution is 0.154. The van der Waals surface area contributed by atoms with Crippen molar-refractivity contribution < 1.29 is 13.2 Å². The van der Waals surface area contributed by atoms with Gasteiger partial charge in [0.15, 0.2) is 0 Å². The third-order valence-corrected chi connectivity index (χ3v) is 7.69. The molecule has 3 rings (SSSR count). The molecule has 164 valence electrons. The van der Waals surface area contributed by atoms with Crippen LogP contribution in [-0.2, 0) is 14.8 Å². The number of sulfonamides is 1. The highest BCUT2D eigenvalue weighted by Gasteiger charge is 2.28. The second-order valence-electron chi connectivity index (χ2n) is 7.93. The van der Waals surface area contributed by atoms with Gasteiger partial charge in [-0.05, 0) is 55.9 Å². The number of nitrogens with zero attached hydrogens (tertiary/aromatic N) is 2. The van der Waals surface area contributed by atoms with Crippen molar-refractivity contribution in [1.82, 2.24) is 4.31 Å². The Morgan fingerprint density at radius 1 is 1.03 bits per heavy atom. The first-order valence-corrected chi connectivity index (χ1v) is 12.5. The highest BCUT2D eigenvalue weighted by molar-refractivity contribution is 7.89. The number of aryl methyl sites for hydroxylation is 1. The molecule has 0 spiro atoms. The molecule has 1 aliphatic heterocycles. The van der Waals surface area contributed by atoms with Gasteiger partial charge in [-0.1, -0.05) is 42.5 Å². The van der Waals surface area contributed by atoms with Gasteiger partial charge in [0, 0.05) is 31.9 Å². The number of hydrogen-bond acceptors (Lipinski definition) is 4. The predicted octanol–water partition coefficient (Wildman–Crippen LogP) is 4.05. The van der Waals surface area contributed by atoms with E-state index in [0.29, 0.717) is 25.6 Å². The summed E-state index contributed by atoms with van der Waals surface area (Å²) in [5, 5.41) is 0. The van der Waals surface area contributed by atoms with E-state index in [9.17, 15) is 8.42 Å². The summed E-state index contributed by atoms with van der Waals surface area (Å²) in [5.41, 5.74) is 3.72. The highest BCUT2D eigenvalue weighted by Crippen LogP contribution is 2.28. The van der Waals surface area contributed by atoms with Crippen LogP contribution >= 0.6 is 0 Å². The minimum Gasteiger partial charge on any atom is -0.379 e. The molecular formula is C24H34N2O3S. The largest absolute Gasteiger partial charge is 0.379 e. The fraction of sp³-hybridized carbons (Fsp3) is 0.500. The zero-order chi connectivity index (χ0) is 21.4. The third-order valence-electron chi connectivity index (χ3n) is 5.86. The topological polar surface area (TPSA) is 49.9 Å². The summed E-state index contributed by atoms with van der Waals surface area (Å²) in [6.45, 7) is 7.80. The van der Waals surface area contributed by atoms with Gasteiger partial charge in [-0.15, -0.1) is 0 Å². The van der Waals surface area contributed by atoms with Crippen LogP contribution in [0.2, 0.25) is 0 Å². The maximum atomic E-state index is 12.7. The van der Waals surface area contributed by atoms with Gasteiger partial charge in [0.05, 0.1) is 19.0 Å². The first-order chi connectivity index (χ1) is 14.5. The van der Waals surface area contributed by atoms with Crippen molar-refractivity contribution in [2.75, 3.05) is 50.0 Å². The van der Waals surface area contributed by atoms with Crippen LogP contribution < -0.4 is 4.90 Å². The zero-order valence-electron chi connectivity index (χ0n) is 18.2. The highest BCUT2D eigenvalue weighted by atomic mass is 32.2. The Morgan fingerprint density at radius 2 is 1.77 bits per heavy atom. The summed E-state index contributed by atoms with van der Waals surface area (Å²) >= 11 is 0. The molecule has 0 bridgehead atoms. The lowest BCUT2D eigenvalue weighted by Gasteiger charge is -2.31. The first kappa shape index (κ1) is 22.8. The van der Waals surface area contributed by atoms with Crippen molar-refractivity contribution in [3.63, 3.8) is 0 Å². The maximum absolute atomic E-state index is 12.7. The lowest BCUT2D eigenvalue weighted by Crippen LogP contribution is -2.40. The fourth-order valence-corrected chi connectivity index (χ4v) is 5.41. The number of ether oxygens (including phenoxy) is 1. The summed E-state index contributed by atoms with van der Waals surface area (Å²) in [5.74, 6) is 0.509. The number of likely N-dealkylation sites (N-methyl/N-ethyl adjacent to an activating group) is 1. The lowest BCUT2D eigenvalue weighted by atomic mass is 9.90. The summed E-state index contributed by atoms with van der Waals surface area (Å²) in [4.78, 5) is 2.25. The van der Waals surface area contributed by atoms with Crippen LogP contribution in [0.1, 0.15) is 36.8 Å². The van der Waals surface area contributed by atoms with Crippen molar-refractivity contribution in [3.8, 4) is 0 Å². The zero-order valence-corrected chi connectivity index (χ0v) is 19.0. The van der Waals surface area contributed by atoms with E-state index in [4.69, 9.17) is 4.74 Å². The van der Waals surface area contributed by atoms with Crippen LogP contribution in [0.4, 0.5) is 5.69 Å². The van der Waals surface area contributed by atoms with E-state index in [0.717, 1.165) is 25.9 Å². The second-order valence-corrected chi connectivity index (χ2v) is 10.0. The minimum atomic E-state index is -3.26. The summed E-state index contributed by atoms with van der Waals surface area (Å²) < 4.78 is 32.7. The molecule has 0 atom stereocenters. The average molecular weight is 431 g/mol. The van der Waals surface area contributed by atoms with Gasteiger partial charge in [-0.25, -0.2) is 12.7 Å². The number of benzene rings is 2. The Balaban J connectivity index is 1.39. The van der Waals surface area contributed by atoms with E-state index < -0.39 is 10.0 Å². The number of anilines is 1. The van der Waals surface area contributed by atoms with Crippen molar-refractivity contribution >= 4 is 15.7 Å². The predicted molar refractivity (Wildman–Crippen MR) is 124 cm³/mol. The van der Waals surface area contributed by atoms with Crippen LogP contribution in [0.25, 0.3) is 0 Å². The number of piperidine rings is 1. The Bertz CT molecular complexity index is 878. The molecule has 2 aromatic carbocycles. The van der Waals surface area contributed by atoms with Gasteiger partial charge in [-0.3, -0.25) is 0 Å². The second kappa shape index (κ2) is 10.9. The van der Waals surface area contributed by atoms with Crippen molar-refractivity contribution in [3.05, 3.63) is 65.7 Å². The standard InChI is InChI=1S/C24H34N2O3S/c1-3-25(24-11-7-8-21(2)20-24)16-17-29-18-19-30(27,28)26-14-12-23(13-15-26)22-9-5-4-6-10-22/h4-11,20,23H,3,12-19H2,1-2H3. The Morgan fingerprint density at radius 3 is 2.43 bits per heavy atom. The van der Waals surface area contributed by atoms with Gasteiger partial charge in [0.2, 0.25) is 10.0 Å². The molecule has 0 amide bonds. The smallest absolute Gasteiger partial charge is 0.216 e.